The van der Waals surface area contributed by atoms with Crippen molar-refractivity contribution in [1.29, 1.82) is 0 Å². The van der Waals surface area contributed by atoms with Gasteiger partial charge in [0, 0.05) is 18.7 Å². The second-order valence-electron chi connectivity index (χ2n) is 6.45. The Morgan fingerprint density at radius 3 is 2.48 bits per heavy atom. The lowest BCUT2D eigenvalue weighted by Crippen LogP contribution is -2.28. The first-order chi connectivity index (χ1) is 11.9. The number of benzene rings is 2. The highest BCUT2D eigenvalue weighted by Crippen LogP contribution is 2.22. The summed E-state index contributed by atoms with van der Waals surface area (Å²) in [6.45, 7) is 4.71. The number of nitrogens with zero attached hydrogens (tertiary/aromatic N) is 1. The molecule has 0 aliphatic rings. The third-order valence-electron chi connectivity index (χ3n) is 3.84. The maximum absolute atomic E-state index is 13.8. The molecule has 0 aromatic heterocycles. The zero-order valence-corrected chi connectivity index (χ0v) is 15.2. The number of hydrogen-bond donors (Lipinski definition) is 1. The fraction of sp³-hybridized carbons (Fsp3) is 0.350. The van der Waals surface area contributed by atoms with Gasteiger partial charge < -0.3 is 15.0 Å². The van der Waals surface area contributed by atoms with Crippen LogP contribution in [0.15, 0.2) is 36.4 Å². The summed E-state index contributed by atoms with van der Waals surface area (Å²) in [5.41, 5.74) is 3.47. The molecule has 0 aliphatic heterocycles. The van der Waals surface area contributed by atoms with Crippen LogP contribution in [0.3, 0.4) is 0 Å². The quantitative estimate of drug-likeness (QED) is 0.839. The molecule has 0 saturated heterocycles. The lowest BCUT2D eigenvalue weighted by molar-refractivity contribution is -0.123. The second kappa shape index (κ2) is 8.62. The largest absolute Gasteiger partial charge is 0.483 e. The van der Waals surface area contributed by atoms with Crippen molar-refractivity contribution in [2.45, 2.75) is 26.9 Å². The minimum absolute atomic E-state index is 0.0442. The summed E-state index contributed by atoms with van der Waals surface area (Å²) in [6.07, 6.45) is 0. The molecule has 0 radical (unpaired) electrons. The molecule has 0 bridgehead atoms. The van der Waals surface area contributed by atoms with Crippen LogP contribution in [0, 0.1) is 19.7 Å². The van der Waals surface area contributed by atoms with Crippen LogP contribution in [0.5, 0.6) is 5.75 Å². The summed E-state index contributed by atoms with van der Waals surface area (Å²) in [4.78, 5) is 13.9. The Labute approximate surface area is 148 Å². The predicted octanol–water partition coefficient (Wildman–Crippen LogP) is 3.20. The zero-order valence-electron chi connectivity index (χ0n) is 15.2. The molecule has 5 heteroatoms. The number of amides is 1. The Balaban J connectivity index is 1.90. The molecule has 4 nitrogen and oxygen atoms in total. The number of rotatable bonds is 7. The maximum Gasteiger partial charge on any atom is 0.258 e. The van der Waals surface area contributed by atoms with Gasteiger partial charge in [0.05, 0.1) is 0 Å². The Hall–Kier alpha value is -2.40. The van der Waals surface area contributed by atoms with E-state index >= 15 is 0 Å². The number of carbonyl (C=O) groups is 1. The lowest BCUT2D eigenvalue weighted by atomic mass is 10.1. The molecule has 2 rings (SSSR count). The summed E-state index contributed by atoms with van der Waals surface area (Å²) >= 11 is 0. The number of aryl methyl sites for hydroxylation is 2. The first-order valence-electron chi connectivity index (χ1n) is 8.24. The van der Waals surface area contributed by atoms with Gasteiger partial charge in [-0.3, -0.25) is 4.79 Å². The summed E-state index contributed by atoms with van der Waals surface area (Å²) in [7, 11) is 3.78. The summed E-state index contributed by atoms with van der Waals surface area (Å²) in [5.74, 6) is 0.302. The van der Waals surface area contributed by atoms with Crippen molar-refractivity contribution in [2.24, 2.45) is 0 Å². The molecular weight excluding hydrogens is 319 g/mol. The minimum Gasteiger partial charge on any atom is -0.483 e. The molecule has 2 aromatic carbocycles. The van der Waals surface area contributed by atoms with Gasteiger partial charge in [-0.15, -0.1) is 0 Å². The number of halogens is 1. The van der Waals surface area contributed by atoms with E-state index in [0.717, 1.165) is 22.4 Å². The maximum atomic E-state index is 13.8. The lowest BCUT2D eigenvalue weighted by Gasteiger charge is -2.13. The Morgan fingerprint density at radius 1 is 1.16 bits per heavy atom. The molecule has 0 heterocycles. The summed E-state index contributed by atoms with van der Waals surface area (Å²) in [6, 6.07) is 10.8. The SMILES string of the molecule is Cc1cccc(C)c1OCC(=O)NCc1ccc(F)c(CN(C)C)c1. The molecule has 0 unspecified atom stereocenters. The van der Waals surface area contributed by atoms with Crippen LogP contribution in [0.4, 0.5) is 4.39 Å². The van der Waals surface area contributed by atoms with Crippen molar-refractivity contribution < 1.29 is 13.9 Å². The van der Waals surface area contributed by atoms with Crippen LogP contribution in [0.25, 0.3) is 0 Å². The highest BCUT2D eigenvalue weighted by atomic mass is 19.1. The van der Waals surface area contributed by atoms with Crippen molar-refractivity contribution in [3.05, 3.63) is 64.5 Å². The van der Waals surface area contributed by atoms with Crippen molar-refractivity contribution in [2.75, 3.05) is 20.7 Å². The van der Waals surface area contributed by atoms with Crippen molar-refractivity contribution in [3.8, 4) is 5.75 Å². The molecular formula is C20H25FN2O2. The van der Waals surface area contributed by atoms with Crippen molar-refractivity contribution >= 4 is 5.91 Å². The first-order valence-corrected chi connectivity index (χ1v) is 8.24. The van der Waals surface area contributed by atoms with E-state index in [1.165, 1.54) is 6.07 Å². The van der Waals surface area contributed by atoms with Crippen LogP contribution in [0.1, 0.15) is 22.3 Å². The Kier molecular flexibility index (Phi) is 6.53. The van der Waals surface area contributed by atoms with Crippen LogP contribution in [0.2, 0.25) is 0 Å². The monoisotopic (exact) mass is 344 g/mol. The highest BCUT2D eigenvalue weighted by molar-refractivity contribution is 5.77. The molecule has 0 aliphatic carbocycles. The van der Waals surface area contributed by atoms with Crippen LogP contribution >= 0.6 is 0 Å². The van der Waals surface area contributed by atoms with E-state index in [4.69, 9.17) is 4.74 Å². The van der Waals surface area contributed by atoms with Gasteiger partial charge in [-0.25, -0.2) is 4.39 Å². The van der Waals surface area contributed by atoms with Gasteiger partial charge in [-0.2, -0.15) is 0 Å². The van der Waals surface area contributed by atoms with Gasteiger partial charge in [0.1, 0.15) is 11.6 Å². The van der Waals surface area contributed by atoms with Crippen molar-refractivity contribution in [3.63, 3.8) is 0 Å². The van der Waals surface area contributed by atoms with Gasteiger partial charge in [0.2, 0.25) is 0 Å². The third kappa shape index (κ3) is 5.57. The molecule has 0 saturated carbocycles. The van der Waals surface area contributed by atoms with E-state index in [9.17, 15) is 9.18 Å². The van der Waals surface area contributed by atoms with E-state index in [2.05, 4.69) is 5.32 Å². The standard InChI is InChI=1S/C20H25FN2O2/c1-14-6-5-7-15(2)20(14)25-13-19(24)22-11-16-8-9-18(21)17(10-16)12-23(3)4/h5-10H,11-13H2,1-4H3,(H,22,24). The third-order valence-corrected chi connectivity index (χ3v) is 3.84. The number of ether oxygens (including phenoxy) is 1. The molecule has 25 heavy (non-hydrogen) atoms. The minimum atomic E-state index is -0.234. The van der Waals surface area contributed by atoms with E-state index in [1.807, 2.05) is 51.0 Å². The first kappa shape index (κ1) is 18.9. The highest BCUT2D eigenvalue weighted by Gasteiger charge is 2.09. The molecule has 0 fully saturated rings. The van der Waals surface area contributed by atoms with E-state index in [0.29, 0.717) is 18.7 Å². The molecule has 0 spiro atoms. The fourth-order valence-corrected chi connectivity index (χ4v) is 2.62. The van der Waals surface area contributed by atoms with Crippen molar-refractivity contribution in [1.82, 2.24) is 10.2 Å². The Morgan fingerprint density at radius 2 is 1.84 bits per heavy atom. The number of hydrogen-bond acceptors (Lipinski definition) is 3. The topological polar surface area (TPSA) is 41.6 Å². The van der Waals surface area contributed by atoms with Crippen LogP contribution in [-0.2, 0) is 17.9 Å². The summed E-state index contributed by atoms with van der Waals surface area (Å²) in [5, 5.41) is 2.81. The van der Waals surface area contributed by atoms with Crippen LogP contribution < -0.4 is 10.1 Å². The number of carbonyl (C=O) groups excluding carboxylic acids is 1. The molecule has 134 valence electrons. The van der Waals surface area contributed by atoms with Gasteiger partial charge in [-0.1, -0.05) is 24.3 Å². The average Bonchev–Trinajstić information content (AvgIpc) is 2.54. The average molecular weight is 344 g/mol. The van der Waals surface area contributed by atoms with E-state index in [1.54, 1.807) is 12.1 Å². The molecule has 1 amide bonds. The van der Waals surface area contributed by atoms with E-state index in [-0.39, 0.29) is 18.3 Å². The molecule has 0 atom stereocenters. The predicted molar refractivity (Wildman–Crippen MR) is 97.0 cm³/mol. The van der Waals surface area contributed by atoms with Gasteiger partial charge in [0.15, 0.2) is 6.61 Å². The summed E-state index contributed by atoms with van der Waals surface area (Å²) < 4.78 is 19.4. The fourth-order valence-electron chi connectivity index (χ4n) is 2.62. The zero-order chi connectivity index (χ0) is 18.4. The van der Waals surface area contributed by atoms with Crippen LogP contribution in [-0.4, -0.2) is 31.5 Å². The second-order valence-corrected chi connectivity index (χ2v) is 6.45. The smallest absolute Gasteiger partial charge is 0.258 e. The number of nitrogens with one attached hydrogen (secondary N) is 1. The van der Waals surface area contributed by atoms with E-state index < -0.39 is 0 Å². The normalized spacial score (nSPS) is 10.8. The molecule has 1 N–H and O–H groups in total. The van der Waals surface area contributed by atoms with Gasteiger partial charge in [0.25, 0.3) is 5.91 Å². The molecule has 2 aromatic rings. The van der Waals surface area contributed by atoms with Gasteiger partial charge in [-0.05, 0) is 56.8 Å². The Bertz CT molecular complexity index is 724. The number of para-hydroxylation sites is 1. The van der Waals surface area contributed by atoms with Gasteiger partial charge >= 0.3 is 0 Å².